The van der Waals surface area contributed by atoms with Crippen LogP contribution in [0.15, 0.2) is 36.7 Å². The highest BCUT2D eigenvalue weighted by atomic mass is 15.4. The maximum Gasteiger partial charge on any atom is 0.102 e. The maximum atomic E-state index is 4.17. The summed E-state index contributed by atoms with van der Waals surface area (Å²) >= 11 is 0. The van der Waals surface area contributed by atoms with Gasteiger partial charge in [-0.2, -0.15) is 0 Å². The summed E-state index contributed by atoms with van der Waals surface area (Å²) in [7, 11) is 1.89. The quantitative estimate of drug-likeness (QED) is 0.770. The van der Waals surface area contributed by atoms with Crippen molar-refractivity contribution in [3.8, 4) is 0 Å². The van der Waals surface area contributed by atoms with E-state index in [0.29, 0.717) is 0 Å². The van der Waals surface area contributed by atoms with Gasteiger partial charge in [-0.3, -0.25) is 4.68 Å². The van der Waals surface area contributed by atoms with Crippen molar-refractivity contribution in [2.45, 2.75) is 20.0 Å². The molecule has 0 unspecified atom stereocenters. The predicted octanol–water partition coefficient (Wildman–Crippen LogP) is 1.93. The first-order valence-electron chi connectivity index (χ1n) is 6.90. The monoisotopic (exact) mass is 269 g/mol. The molecule has 1 aromatic carbocycles. The zero-order valence-corrected chi connectivity index (χ0v) is 11.9. The summed E-state index contributed by atoms with van der Waals surface area (Å²) < 4.78 is 3.98. The number of nitrogens with zero attached hydrogens (tertiary/aromatic N) is 4. The Kier molecular flexibility index (Phi) is 3.52. The molecule has 2 heterocycles. The topological polar surface area (TPSA) is 47.7 Å². The van der Waals surface area contributed by atoms with Gasteiger partial charge >= 0.3 is 0 Å². The van der Waals surface area contributed by atoms with E-state index in [1.165, 1.54) is 16.5 Å². The number of nitrogens with one attached hydrogen (secondary N) is 1. The average molecular weight is 269 g/mol. The second-order valence-corrected chi connectivity index (χ2v) is 4.96. The Balaban J connectivity index is 1.97. The molecule has 2 aromatic heterocycles. The highest BCUT2D eigenvalue weighted by Crippen LogP contribution is 2.22. The van der Waals surface area contributed by atoms with Crippen LogP contribution in [-0.2, 0) is 20.1 Å². The Labute approximate surface area is 118 Å². The molecule has 0 aliphatic heterocycles. The molecule has 1 N–H and O–H groups in total. The molecule has 5 heteroatoms. The zero-order valence-electron chi connectivity index (χ0n) is 11.9. The van der Waals surface area contributed by atoms with Gasteiger partial charge in [0, 0.05) is 36.9 Å². The van der Waals surface area contributed by atoms with E-state index in [2.05, 4.69) is 57.6 Å². The molecule has 104 valence electrons. The second kappa shape index (κ2) is 5.46. The molecule has 0 amide bonds. The molecule has 20 heavy (non-hydrogen) atoms. The molecular formula is C15H19N5. The first-order chi connectivity index (χ1) is 9.78. The van der Waals surface area contributed by atoms with Crippen LogP contribution >= 0.6 is 0 Å². The molecule has 0 aliphatic carbocycles. The highest BCUT2D eigenvalue weighted by Gasteiger charge is 2.09. The van der Waals surface area contributed by atoms with Crippen LogP contribution in [-0.4, -0.2) is 26.1 Å². The maximum absolute atomic E-state index is 4.17. The number of fused-ring (bicyclic) bond motifs is 1. The van der Waals surface area contributed by atoms with Crippen molar-refractivity contribution in [2.75, 3.05) is 6.54 Å². The lowest BCUT2D eigenvalue weighted by Crippen LogP contribution is -2.11. The lowest BCUT2D eigenvalue weighted by atomic mass is 10.2. The number of hydrogen-bond donors (Lipinski definition) is 1. The molecule has 5 nitrogen and oxygen atoms in total. The van der Waals surface area contributed by atoms with E-state index in [1.807, 2.05) is 13.2 Å². The number of aryl methyl sites for hydroxylation is 1. The molecular weight excluding hydrogens is 250 g/mol. The fourth-order valence-corrected chi connectivity index (χ4v) is 2.50. The summed E-state index contributed by atoms with van der Waals surface area (Å²) in [4.78, 5) is 0. The normalized spacial score (nSPS) is 11.3. The van der Waals surface area contributed by atoms with Gasteiger partial charge in [0.1, 0.15) is 5.69 Å². The van der Waals surface area contributed by atoms with Gasteiger partial charge in [-0.15, -0.1) is 5.10 Å². The zero-order chi connectivity index (χ0) is 13.9. The Morgan fingerprint density at radius 3 is 2.80 bits per heavy atom. The van der Waals surface area contributed by atoms with Crippen LogP contribution < -0.4 is 5.32 Å². The molecule has 0 fully saturated rings. The third-order valence-electron chi connectivity index (χ3n) is 3.42. The van der Waals surface area contributed by atoms with Gasteiger partial charge in [0.15, 0.2) is 0 Å². The number of rotatable bonds is 5. The van der Waals surface area contributed by atoms with Crippen LogP contribution in [0.4, 0.5) is 0 Å². The summed E-state index contributed by atoms with van der Waals surface area (Å²) in [5, 5.41) is 12.9. The third kappa shape index (κ3) is 2.44. The van der Waals surface area contributed by atoms with Gasteiger partial charge < -0.3 is 9.88 Å². The van der Waals surface area contributed by atoms with Gasteiger partial charge in [-0.05, 0) is 18.2 Å². The van der Waals surface area contributed by atoms with E-state index in [1.54, 1.807) is 4.68 Å². The number of hydrogen-bond acceptors (Lipinski definition) is 3. The van der Waals surface area contributed by atoms with Crippen LogP contribution in [0.25, 0.3) is 10.9 Å². The second-order valence-electron chi connectivity index (χ2n) is 4.96. The lowest BCUT2D eigenvalue weighted by molar-refractivity contribution is 0.709. The van der Waals surface area contributed by atoms with Crippen LogP contribution in [0.1, 0.15) is 18.2 Å². The summed E-state index contributed by atoms with van der Waals surface area (Å²) in [6, 6.07) is 8.49. The van der Waals surface area contributed by atoms with Crippen molar-refractivity contribution < 1.29 is 0 Å². The van der Waals surface area contributed by atoms with Crippen molar-refractivity contribution >= 4 is 10.9 Å². The number of benzene rings is 1. The minimum atomic E-state index is 0.750. The molecule has 0 aliphatic rings. The van der Waals surface area contributed by atoms with Crippen LogP contribution in [0.5, 0.6) is 0 Å². The first kappa shape index (κ1) is 12.9. The van der Waals surface area contributed by atoms with E-state index in [9.17, 15) is 0 Å². The number of para-hydroxylation sites is 1. The van der Waals surface area contributed by atoms with Crippen LogP contribution in [0.2, 0.25) is 0 Å². The Morgan fingerprint density at radius 2 is 2.05 bits per heavy atom. The summed E-state index contributed by atoms with van der Waals surface area (Å²) in [6.07, 6.45) is 4.17. The van der Waals surface area contributed by atoms with Crippen LogP contribution in [0.3, 0.4) is 0 Å². The van der Waals surface area contributed by atoms with Gasteiger partial charge in [0.05, 0.1) is 6.54 Å². The van der Waals surface area contributed by atoms with E-state index in [0.717, 1.165) is 25.3 Å². The Hall–Kier alpha value is -2.14. The van der Waals surface area contributed by atoms with E-state index >= 15 is 0 Å². The first-order valence-corrected chi connectivity index (χ1v) is 6.90. The molecule has 3 rings (SSSR count). The minimum absolute atomic E-state index is 0.750. The van der Waals surface area contributed by atoms with Crippen LogP contribution in [0, 0.1) is 0 Å². The SMILES string of the molecule is CCNCc1cn(Cc2cn(C)nn2)c2ccccc12. The van der Waals surface area contributed by atoms with Gasteiger partial charge in [-0.1, -0.05) is 30.3 Å². The largest absolute Gasteiger partial charge is 0.341 e. The van der Waals surface area contributed by atoms with Crippen molar-refractivity contribution in [2.24, 2.45) is 7.05 Å². The summed E-state index contributed by atoms with van der Waals surface area (Å²) in [5.74, 6) is 0. The fourth-order valence-electron chi connectivity index (χ4n) is 2.50. The lowest BCUT2D eigenvalue weighted by Gasteiger charge is -2.01. The molecule has 3 aromatic rings. The smallest absolute Gasteiger partial charge is 0.102 e. The van der Waals surface area contributed by atoms with Crippen molar-refractivity contribution in [1.82, 2.24) is 24.9 Å². The standard InChI is InChI=1S/C15H19N5/c1-3-16-8-12-9-20(11-13-10-19(2)18-17-13)15-7-5-4-6-14(12)15/h4-7,9-10,16H,3,8,11H2,1-2H3. The predicted molar refractivity (Wildman–Crippen MR) is 79.4 cm³/mol. The minimum Gasteiger partial charge on any atom is -0.341 e. The van der Waals surface area contributed by atoms with E-state index < -0.39 is 0 Å². The Morgan fingerprint density at radius 1 is 1.20 bits per heavy atom. The number of aromatic nitrogens is 4. The highest BCUT2D eigenvalue weighted by molar-refractivity contribution is 5.84. The molecule has 0 atom stereocenters. The fraction of sp³-hybridized carbons (Fsp3) is 0.333. The van der Waals surface area contributed by atoms with Crippen molar-refractivity contribution in [1.29, 1.82) is 0 Å². The Bertz CT molecular complexity index is 710. The summed E-state index contributed by atoms with van der Waals surface area (Å²) in [5.41, 5.74) is 3.54. The molecule has 0 spiro atoms. The van der Waals surface area contributed by atoms with Crippen molar-refractivity contribution in [3.63, 3.8) is 0 Å². The van der Waals surface area contributed by atoms with Gasteiger partial charge in [0.25, 0.3) is 0 Å². The third-order valence-corrected chi connectivity index (χ3v) is 3.42. The molecule has 0 saturated heterocycles. The van der Waals surface area contributed by atoms with E-state index in [4.69, 9.17) is 0 Å². The molecule has 0 bridgehead atoms. The molecule has 0 saturated carbocycles. The average Bonchev–Trinajstić information content (AvgIpc) is 3.02. The van der Waals surface area contributed by atoms with E-state index in [-0.39, 0.29) is 0 Å². The van der Waals surface area contributed by atoms with Gasteiger partial charge in [-0.25, -0.2) is 0 Å². The van der Waals surface area contributed by atoms with Crippen molar-refractivity contribution in [3.05, 3.63) is 47.9 Å². The molecule has 0 radical (unpaired) electrons. The summed E-state index contributed by atoms with van der Waals surface area (Å²) in [6.45, 7) is 4.74. The van der Waals surface area contributed by atoms with Gasteiger partial charge in [0.2, 0.25) is 0 Å².